The summed E-state index contributed by atoms with van der Waals surface area (Å²) in [6.45, 7) is 5.58. The third-order valence-electron chi connectivity index (χ3n) is 5.48. The normalized spacial score (nSPS) is 14.4. The fourth-order valence-corrected chi connectivity index (χ4v) is 3.82. The van der Waals surface area contributed by atoms with E-state index in [-0.39, 0.29) is 5.91 Å². The first-order valence-corrected chi connectivity index (χ1v) is 11.3. The number of carbonyl (C=O) groups is 1. The minimum Gasteiger partial charge on any atom is -0.379 e. The molecule has 32 heavy (non-hydrogen) atoms. The Morgan fingerprint density at radius 2 is 1.78 bits per heavy atom. The second kappa shape index (κ2) is 11.2. The molecule has 1 aliphatic heterocycles. The van der Waals surface area contributed by atoms with Gasteiger partial charge in [0, 0.05) is 55.3 Å². The van der Waals surface area contributed by atoms with E-state index in [1.807, 2.05) is 47.4 Å². The second-order valence-electron chi connectivity index (χ2n) is 7.73. The highest BCUT2D eigenvalue weighted by atomic mass is 35.5. The van der Waals surface area contributed by atoms with Crippen LogP contribution in [0.3, 0.4) is 0 Å². The molecule has 0 atom stereocenters. The molecule has 1 aliphatic rings. The van der Waals surface area contributed by atoms with Crippen LogP contribution in [0.5, 0.6) is 0 Å². The van der Waals surface area contributed by atoms with Crippen molar-refractivity contribution in [2.45, 2.75) is 12.8 Å². The number of rotatable bonds is 9. The number of morpholine rings is 1. The van der Waals surface area contributed by atoms with Crippen LogP contribution in [0.4, 0.5) is 0 Å². The van der Waals surface area contributed by atoms with Gasteiger partial charge < -0.3 is 14.2 Å². The van der Waals surface area contributed by atoms with Crippen molar-refractivity contribution in [2.24, 2.45) is 0 Å². The number of amides is 1. The van der Waals surface area contributed by atoms with Crippen molar-refractivity contribution in [2.75, 3.05) is 45.9 Å². The van der Waals surface area contributed by atoms with Crippen LogP contribution < -0.4 is 0 Å². The molecule has 3 aromatic rings. The van der Waals surface area contributed by atoms with Crippen LogP contribution in [0.1, 0.15) is 22.7 Å². The minimum absolute atomic E-state index is 0.0185. The predicted molar refractivity (Wildman–Crippen MR) is 123 cm³/mol. The average molecular weight is 455 g/mol. The molecule has 0 spiro atoms. The first-order chi connectivity index (χ1) is 15.7. The lowest BCUT2D eigenvalue weighted by molar-refractivity contribution is 0.0357. The van der Waals surface area contributed by atoms with Crippen LogP contribution in [0.15, 0.2) is 59.1 Å². The maximum absolute atomic E-state index is 13.1. The van der Waals surface area contributed by atoms with Crippen molar-refractivity contribution in [3.05, 3.63) is 71.1 Å². The van der Waals surface area contributed by atoms with Gasteiger partial charge in [-0.25, -0.2) is 0 Å². The molecule has 0 unspecified atom stereocenters. The van der Waals surface area contributed by atoms with Crippen molar-refractivity contribution in [3.8, 4) is 11.4 Å². The number of carbonyl (C=O) groups excluding carboxylic acids is 1. The molecule has 4 rings (SSSR count). The van der Waals surface area contributed by atoms with E-state index in [4.69, 9.17) is 20.9 Å². The molecule has 0 bridgehead atoms. The van der Waals surface area contributed by atoms with E-state index in [1.54, 1.807) is 12.1 Å². The van der Waals surface area contributed by atoms with E-state index < -0.39 is 0 Å². The van der Waals surface area contributed by atoms with Gasteiger partial charge in [0.15, 0.2) is 0 Å². The molecule has 0 aliphatic carbocycles. The summed E-state index contributed by atoms with van der Waals surface area (Å²) in [6, 6.07) is 16.7. The van der Waals surface area contributed by atoms with E-state index in [0.717, 1.165) is 44.8 Å². The molecule has 168 valence electrons. The van der Waals surface area contributed by atoms with Crippen LogP contribution >= 0.6 is 11.6 Å². The van der Waals surface area contributed by atoms with Crippen LogP contribution in [-0.2, 0) is 11.2 Å². The fourth-order valence-electron chi connectivity index (χ4n) is 3.69. The molecule has 0 radical (unpaired) electrons. The molecule has 7 nitrogen and oxygen atoms in total. The molecule has 2 heterocycles. The van der Waals surface area contributed by atoms with Gasteiger partial charge in [-0.1, -0.05) is 35.0 Å². The lowest BCUT2D eigenvalue weighted by Gasteiger charge is -2.28. The Hall–Kier alpha value is -2.74. The van der Waals surface area contributed by atoms with E-state index in [0.29, 0.717) is 41.8 Å². The Kier molecular flexibility index (Phi) is 7.87. The Bertz CT molecular complexity index is 988. The summed E-state index contributed by atoms with van der Waals surface area (Å²) < 4.78 is 10.8. The van der Waals surface area contributed by atoms with Crippen molar-refractivity contribution >= 4 is 17.5 Å². The number of nitrogens with zero attached hydrogens (tertiary/aromatic N) is 4. The second-order valence-corrected chi connectivity index (χ2v) is 8.17. The van der Waals surface area contributed by atoms with Gasteiger partial charge in [-0.15, -0.1) is 0 Å². The summed E-state index contributed by atoms with van der Waals surface area (Å²) in [6.07, 6.45) is 1.40. The number of halogens is 1. The number of ether oxygens (including phenoxy) is 1. The topological polar surface area (TPSA) is 71.7 Å². The Morgan fingerprint density at radius 3 is 2.53 bits per heavy atom. The summed E-state index contributed by atoms with van der Waals surface area (Å²) in [5, 5.41) is 4.73. The summed E-state index contributed by atoms with van der Waals surface area (Å²) >= 11 is 5.95. The van der Waals surface area contributed by atoms with Crippen LogP contribution in [-0.4, -0.2) is 71.8 Å². The molecule has 8 heteroatoms. The first-order valence-electron chi connectivity index (χ1n) is 10.9. The van der Waals surface area contributed by atoms with E-state index in [1.165, 1.54) is 0 Å². The maximum atomic E-state index is 13.1. The predicted octanol–water partition coefficient (Wildman–Crippen LogP) is 3.80. The van der Waals surface area contributed by atoms with E-state index >= 15 is 0 Å². The highest BCUT2D eigenvalue weighted by molar-refractivity contribution is 6.30. The highest BCUT2D eigenvalue weighted by Crippen LogP contribution is 2.19. The van der Waals surface area contributed by atoms with Gasteiger partial charge in [0.05, 0.1) is 13.2 Å². The zero-order chi connectivity index (χ0) is 22.2. The highest BCUT2D eigenvalue weighted by Gasteiger charge is 2.18. The van der Waals surface area contributed by atoms with Gasteiger partial charge in [-0.2, -0.15) is 4.98 Å². The lowest BCUT2D eigenvalue weighted by Crippen LogP contribution is -2.39. The van der Waals surface area contributed by atoms with Crippen LogP contribution in [0.25, 0.3) is 11.4 Å². The fraction of sp³-hybridized carbons (Fsp3) is 0.375. The third kappa shape index (κ3) is 6.16. The number of hydrogen-bond acceptors (Lipinski definition) is 6. The van der Waals surface area contributed by atoms with Crippen molar-refractivity contribution in [1.82, 2.24) is 19.9 Å². The van der Waals surface area contributed by atoms with Crippen molar-refractivity contribution < 1.29 is 14.1 Å². The smallest absolute Gasteiger partial charge is 0.253 e. The largest absolute Gasteiger partial charge is 0.379 e. The minimum atomic E-state index is 0.0185. The molecule has 1 amide bonds. The van der Waals surface area contributed by atoms with Gasteiger partial charge in [-0.05, 0) is 42.8 Å². The Morgan fingerprint density at radius 1 is 1.03 bits per heavy atom. The van der Waals surface area contributed by atoms with Crippen molar-refractivity contribution in [3.63, 3.8) is 0 Å². The SMILES string of the molecule is O=C(c1ccccc1)N(CCCN1CCOCC1)CCc1nc(-c2ccc(Cl)cc2)no1. The Balaban J connectivity index is 1.38. The van der Waals surface area contributed by atoms with Gasteiger partial charge >= 0.3 is 0 Å². The van der Waals surface area contributed by atoms with Crippen LogP contribution in [0.2, 0.25) is 5.02 Å². The number of hydrogen-bond donors (Lipinski definition) is 0. The summed E-state index contributed by atoms with van der Waals surface area (Å²) in [4.78, 5) is 21.9. The van der Waals surface area contributed by atoms with Gasteiger partial charge in [0.1, 0.15) is 0 Å². The molecule has 0 N–H and O–H groups in total. The average Bonchev–Trinajstić information content (AvgIpc) is 3.31. The van der Waals surface area contributed by atoms with Gasteiger partial charge in [0.2, 0.25) is 11.7 Å². The zero-order valence-corrected chi connectivity index (χ0v) is 18.7. The van der Waals surface area contributed by atoms with Crippen LogP contribution in [0, 0.1) is 0 Å². The number of aromatic nitrogens is 2. The standard InChI is InChI=1S/C24H27ClN4O3/c25-21-9-7-19(8-10-21)23-26-22(32-27-23)11-14-29(24(30)20-5-2-1-3-6-20)13-4-12-28-15-17-31-18-16-28/h1-3,5-10H,4,11-18H2. The number of benzene rings is 2. The zero-order valence-electron chi connectivity index (χ0n) is 18.0. The Labute approximate surface area is 192 Å². The monoisotopic (exact) mass is 454 g/mol. The summed E-state index contributed by atoms with van der Waals surface area (Å²) in [7, 11) is 0. The molecule has 2 aromatic carbocycles. The maximum Gasteiger partial charge on any atom is 0.253 e. The third-order valence-corrected chi connectivity index (χ3v) is 5.73. The summed E-state index contributed by atoms with van der Waals surface area (Å²) in [5.41, 5.74) is 1.53. The van der Waals surface area contributed by atoms with Gasteiger partial charge in [0.25, 0.3) is 5.91 Å². The van der Waals surface area contributed by atoms with Gasteiger partial charge in [-0.3, -0.25) is 9.69 Å². The molecular formula is C24H27ClN4O3. The van der Waals surface area contributed by atoms with E-state index in [2.05, 4.69) is 15.0 Å². The summed E-state index contributed by atoms with van der Waals surface area (Å²) in [5.74, 6) is 1.05. The molecule has 0 saturated carbocycles. The molecular weight excluding hydrogens is 428 g/mol. The lowest BCUT2D eigenvalue weighted by atomic mass is 10.2. The first kappa shape index (κ1) is 22.5. The van der Waals surface area contributed by atoms with E-state index in [9.17, 15) is 4.79 Å². The van der Waals surface area contributed by atoms with Crippen molar-refractivity contribution in [1.29, 1.82) is 0 Å². The quantitative estimate of drug-likeness (QED) is 0.489. The molecule has 1 saturated heterocycles. The molecule has 1 fully saturated rings. The molecule has 1 aromatic heterocycles.